The maximum Gasteiger partial charge on any atom is 0.416 e. The molecule has 2 aromatic rings. The van der Waals surface area contributed by atoms with Crippen molar-refractivity contribution in [1.82, 2.24) is 0 Å². The van der Waals surface area contributed by atoms with Crippen LogP contribution in [0, 0.1) is 5.92 Å². The number of hydrogen-bond donors (Lipinski definition) is 2. The smallest absolute Gasteiger partial charge is 0.381 e. The van der Waals surface area contributed by atoms with Gasteiger partial charge in [0, 0.05) is 36.1 Å². The van der Waals surface area contributed by atoms with E-state index in [1.165, 1.54) is 6.07 Å². The highest BCUT2D eigenvalue weighted by Crippen LogP contribution is 2.34. The van der Waals surface area contributed by atoms with Crippen LogP contribution in [0.4, 0.5) is 24.5 Å². The van der Waals surface area contributed by atoms with Gasteiger partial charge in [-0.3, -0.25) is 9.59 Å². The molecule has 2 aromatic carbocycles. The van der Waals surface area contributed by atoms with E-state index < -0.39 is 17.6 Å². The first-order valence-corrected chi connectivity index (χ1v) is 8.80. The van der Waals surface area contributed by atoms with Gasteiger partial charge in [-0.05, 0) is 43.2 Å². The van der Waals surface area contributed by atoms with E-state index in [4.69, 9.17) is 4.74 Å². The number of anilines is 2. The molecule has 0 aliphatic carbocycles. The number of halogens is 3. The predicted molar refractivity (Wildman–Crippen MR) is 98.0 cm³/mol. The topological polar surface area (TPSA) is 67.4 Å². The summed E-state index contributed by atoms with van der Waals surface area (Å²) in [6.45, 7) is 0.887. The van der Waals surface area contributed by atoms with Crippen molar-refractivity contribution in [2.24, 2.45) is 5.92 Å². The summed E-state index contributed by atoms with van der Waals surface area (Å²) in [4.78, 5) is 24.6. The maximum absolute atomic E-state index is 13.3. The SMILES string of the molecule is O=C(Nc1cc(NC(=O)C2CCOCC2)cc(C(F)(F)F)c1)c1ccccc1. The molecule has 0 spiro atoms. The largest absolute Gasteiger partial charge is 0.416 e. The molecule has 1 aliphatic rings. The highest BCUT2D eigenvalue weighted by Gasteiger charge is 2.32. The van der Waals surface area contributed by atoms with E-state index in [2.05, 4.69) is 10.6 Å². The van der Waals surface area contributed by atoms with Gasteiger partial charge >= 0.3 is 6.18 Å². The Kier molecular flexibility index (Phi) is 5.99. The zero-order chi connectivity index (χ0) is 20.1. The Balaban J connectivity index is 1.82. The monoisotopic (exact) mass is 392 g/mol. The van der Waals surface area contributed by atoms with E-state index in [-0.39, 0.29) is 23.2 Å². The van der Waals surface area contributed by atoms with Gasteiger partial charge in [0.15, 0.2) is 0 Å². The summed E-state index contributed by atoms with van der Waals surface area (Å²) in [7, 11) is 0. The number of ether oxygens (including phenoxy) is 1. The minimum atomic E-state index is -4.62. The van der Waals surface area contributed by atoms with Gasteiger partial charge in [0.1, 0.15) is 0 Å². The molecule has 28 heavy (non-hydrogen) atoms. The number of hydrogen-bond acceptors (Lipinski definition) is 3. The molecule has 0 bridgehead atoms. The molecule has 2 N–H and O–H groups in total. The van der Waals surface area contributed by atoms with Crippen molar-refractivity contribution in [3.63, 3.8) is 0 Å². The summed E-state index contributed by atoms with van der Waals surface area (Å²) in [5.41, 5.74) is -0.714. The summed E-state index contributed by atoms with van der Waals surface area (Å²) in [5.74, 6) is -1.21. The van der Waals surface area contributed by atoms with Crippen LogP contribution in [-0.2, 0) is 15.7 Å². The zero-order valence-electron chi connectivity index (χ0n) is 14.9. The molecule has 8 heteroatoms. The lowest BCUT2D eigenvalue weighted by Gasteiger charge is -2.21. The van der Waals surface area contributed by atoms with Crippen molar-refractivity contribution < 1.29 is 27.5 Å². The molecule has 2 amide bonds. The fraction of sp³-hybridized carbons (Fsp3) is 0.300. The van der Waals surface area contributed by atoms with Crippen LogP contribution < -0.4 is 10.6 Å². The molecule has 0 aromatic heterocycles. The highest BCUT2D eigenvalue weighted by molar-refractivity contribution is 6.04. The van der Waals surface area contributed by atoms with Crippen LogP contribution >= 0.6 is 0 Å². The Bertz CT molecular complexity index is 848. The van der Waals surface area contributed by atoms with Crippen LogP contribution in [0.25, 0.3) is 0 Å². The minimum Gasteiger partial charge on any atom is -0.381 e. The van der Waals surface area contributed by atoms with Gasteiger partial charge in [0.05, 0.1) is 5.56 Å². The summed E-state index contributed by atoms with van der Waals surface area (Å²) in [6.07, 6.45) is -3.59. The molecule has 1 saturated heterocycles. The third kappa shape index (κ3) is 5.10. The lowest BCUT2D eigenvalue weighted by Crippen LogP contribution is -2.28. The molecule has 3 rings (SSSR count). The highest BCUT2D eigenvalue weighted by atomic mass is 19.4. The molecule has 1 fully saturated rings. The molecular formula is C20H19F3N2O3. The van der Waals surface area contributed by atoms with Crippen molar-refractivity contribution in [3.8, 4) is 0 Å². The number of amides is 2. The second-order valence-electron chi connectivity index (χ2n) is 6.49. The molecule has 1 aliphatic heterocycles. The molecule has 148 valence electrons. The van der Waals surface area contributed by atoms with Crippen molar-refractivity contribution in [3.05, 3.63) is 59.7 Å². The van der Waals surface area contributed by atoms with E-state index in [1.54, 1.807) is 30.3 Å². The Morgan fingerprint density at radius 2 is 1.54 bits per heavy atom. The van der Waals surface area contributed by atoms with Crippen molar-refractivity contribution >= 4 is 23.2 Å². The van der Waals surface area contributed by atoms with Crippen LogP contribution in [0.15, 0.2) is 48.5 Å². The number of rotatable bonds is 4. The first-order valence-electron chi connectivity index (χ1n) is 8.80. The molecule has 5 nitrogen and oxygen atoms in total. The first kappa shape index (κ1) is 19.9. The normalized spacial score (nSPS) is 15.1. The van der Waals surface area contributed by atoms with Crippen LogP contribution in [0.3, 0.4) is 0 Å². The standard InChI is InChI=1S/C20H19F3N2O3/c21-20(22,23)15-10-16(24-18(26)13-4-2-1-3-5-13)12-17(11-15)25-19(27)14-6-8-28-9-7-14/h1-5,10-12,14H,6-9H2,(H,24,26)(H,25,27). The molecular weight excluding hydrogens is 373 g/mol. The van der Waals surface area contributed by atoms with E-state index in [9.17, 15) is 22.8 Å². The third-order valence-electron chi connectivity index (χ3n) is 4.41. The average Bonchev–Trinajstić information content (AvgIpc) is 2.68. The quantitative estimate of drug-likeness (QED) is 0.814. The maximum atomic E-state index is 13.3. The number of alkyl halides is 3. The number of nitrogens with one attached hydrogen (secondary N) is 2. The summed E-state index contributed by atoms with van der Waals surface area (Å²) >= 11 is 0. The Morgan fingerprint density at radius 1 is 0.929 bits per heavy atom. The molecule has 0 unspecified atom stereocenters. The lowest BCUT2D eigenvalue weighted by molar-refractivity contribution is -0.137. The number of carbonyl (C=O) groups is 2. The van der Waals surface area contributed by atoms with E-state index in [0.717, 1.165) is 12.1 Å². The van der Waals surface area contributed by atoms with Crippen LogP contribution in [0.2, 0.25) is 0 Å². The summed E-state index contributed by atoms with van der Waals surface area (Å²) in [6, 6.07) is 11.1. The third-order valence-corrected chi connectivity index (χ3v) is 4.41. The fourth-order valence-corrected chi connectivity index (χ4v) is 2.93. The lowest BCUT2D eigenvalue weighted by atomic mass is 9.99. The van der Waals surface area contributed by atoms with E-state index in [0.29, 0.717) is 31.6 Å². The molecule has 0 radical (unpaired) electrons. The first-order chi connectivity index (χ1) is 13.3. The fourth-order valence-electron chi connectivity index (χ4n) is 2.93. The second-order valence-corrected chi connectivity index (χ2v) is 6.49. The van der Waals surface area contributed by atoms with Gasteiger partial charge in [-0.1, -0.05) is 18.2 Å². The molecule has 0 atom stereocenters. The van der Waals surface area contributed by atoms with Crippen LogP contribution in [0.5, 0.6) is 0 Å². The summed E-state index contributed by atoms with van der Waals surface area (Å²) in [5, 5.41) is 4.99. The Morgan fingerprint density at radius 3 is 2.14 bits per heavy atom. The van der Waals surface area contributed by atoms with Crippen molar-refractivity contribution in [2.45, 2.75) is 19.0 Å². The second kappa shape index (κ2) is 8.43. The van der Waals surface area contributed by atoms with Crippen LogP contribution in [0.1, 0.15) is 28.8 Å². The van der Waals surface area contributed by atoms with E-state index in [1.807, 2.05) is 0 Å². The Hall–Kier alpha value is -2.87. The van der Waals surface area contributed by atoms with Gasteiger partial charge in [-0.15, -0.1) is 0 Å². The van der Waals surface area contributed by atoms with E-state index >= 15 is 0 Å². The summed E-state index contributed by atoms with van der Waals surface area (Å²) < 4.78 is 45.0. The van der Waals surface area contributed by atoms with Gasteiger partial charge in [0.2, 0.25) is 5.91 Å². The molecule has 1 heterocycles. The van der Waals surface area contributed by atoms with Crippen molar-refractivity contribution in [1.29, 1.82) is 0 Å². The van der Waals surface area contributed by atoms with Gasteiger partial charge in [0.25, 0.3) is 5.91 Å². The zero-order valence-corrected chi connectivity index (χ0v) is 14.9. The number of benzene rings is 2. The average molecular weight is 392 g/mol. The van der Waals surface area contributed by atoms with Crippen LogP contribution in [-0.4, -0.2) is 25.0 Å². The number of carbonyl (C=O) groups excluding carboxylic acids is 2. The minimum absolute atomic E-state index is 0.0188. The predicted octanol–water partition coefficient (Wildman–Crippen LogP) is 4.32. The van der Waals surface area contributed by atoms with Gasteiger partial charge in [-0.25, -0.2) is 0 Å². The Labute approximate surface area is 159 Å². The van der Waals surface area contributed by atoms with Crippen molar-refractivity contribution in [2.75, 3.05) is 23.8 Å². The van der Waals surface area contributed by atoms with Gasteiger partial charge in [-0.2, -0.15) is 13.2 Å². The van der Waals surface area contributed by atoms with Gasteiger partial charge < -0.3 is 15.4 Å². The molecule has 0 saturated carbocycles.